The SMILES string of the molecule is O=C(NC1CCCc2ccccc21)c1ccc(Br)c(Cl)c1. The Kier molecular flexibility index (Phi) is 4.32. The summed E-state index contributed by atoms with van der Waals surface area (Å²) in [6, 6.07) is 13.7. The number of halogens is 2. The second-order valence-corrected chi connectivity index (χ2v) is 6.51. The molecule has 0 heterocycles. The van der Waals surface area contributed by atoms with Crippen LogP contribution < -0.4 is 5.32 Å². The topological polar surface area (TPSA) is 29.1 Å². The zero-order chi connectivity index (χ0) is 14.8. The van der Waals surface area contributed by atoms with Gasteiger partial charge in [-0.2, -0.15) is 0 Å². The number of carbonyl (C=O) groups excluding carboxylic acids is 1. The monoisotopic (exact) mass is 363 g/mol. The van der Waals surface area contributed by atoms with Crippen LogP contribution in [0.5, 0.6) is 0 Å². The predicted molar refractivity (Wildman–Crippen MR) is 88.7 cm³/mol. The average molecular weight is 365 g/mol. The van der Waals surface area contributed by atoms with Crippen LogP contribution in [0.3, 0.4) is 0 Å². The van der Waals surface area contributed by atoms with E-state index in [2.05, 4.69) is 39.4 Å². The summed E-state index contributed by atoms with van der Waals surface area (Å²) < 4.78 is 0.795. The van der Waals surface area contributed by atoms with E-state index >= 15 is 0 Å². The summed E-state index contributed by atoms with van der Waals surface area (Å²) in [6.45, 7) is 0. The number of aryl methyl sites for hydroxylation is 1. The molecule has 1 amide bonds. The number of hydrogen-bond acceptors (Lipinski definition) is 1. The third-order valence-electron chi connectivity index (χ3n) is 3.86. The summed E-state index contributed by atoms with van der Waals surface area (Å²) in [6.07, 6.45) is 3.17. The molecule has 0 aliphatic heterocycles. The van der Waals surface area contributed by atoms with Crippen LogP contribution >= 0.6 is 27.5 Å². The lowest BCUT2D eigenvalue weighted by Gasteiger charge is -2.26. The van der Waals surface area contributed by atoms with E-state index in [9.17, 15) is 4.79 Å². The van der Waals surface area contributed by atoms with Crippen molar-refractivity contribution in [1.82, 2.24) is 5.32 Å². The molecule has 1 unspecified atom stereocenters. The van der Waals surface area contributed by atoms with Crippen LogP contribution in [0.2, 0.25) is 5.02 Å². The quantitative estimate of drug-likeness (QED) is 0.806. The van der Waals surface area contributed by atoms with Crippen LogP contribution in [0.25, 0.3) is 0 Å². The highest BCUT2D eigenvalue weighted by Gasteiger charge is 2.22. The summed E-state index contributed by atoms with van der Waals surface area (Å²) in [5, 5.41) is 3.67. The molecular weight excluding hydrogens is 350 g/mol. The molecule has 0 bridgehead atoms. The van der Waals surface area contributed by atoms with Crippen LogP contribution in [0.15, 0.2) is 46.9 Å². The fraction of sp³-hybridized carbons (Fsp3) is 0.235. The van der Waals surface area contributed by atoms with Gasteiger partial charge in [0.15, 0.2) is 0 Å². The van der Waals surface area contributed by atoms with E-state index < -0.39 is 0 Å². The first-order valence-electron chi connectivity index (χ1n) is 6.99. The molecule has 0 fully saturated rings. The third kappa shape index (κ3) is 3.14. The molecule has 2 aromatic rings. The molecule has 0 saturated heterocycles. The van der Waals surface area contributed by atoms with Gasteiger partial charge in [-0.25, -0.2) is 0 Å². The number of amides is 1. The molecule has 1 N–H and O–H groups in total. The highest BCUT2D eigenvalue weighted by molar-refractivity contribution is 9.10. The van der Waals surface area contributed by atoms with Crippen molar-refractivity contribution >= 4 is 33.4 Å². The van der Waals surface area contributed by atoms with Gasteiger partial charge in [-0.05, 0) is 64.5 Å². The molecule has 4 heteroatoms. The second kappa shape index (κ2) is 6.20. The van der Waals surface area contributed by atoms with Gasteiger partial charge in [-0.3, -0.25) is 4.79 Å². The van der Waals surface area contributed by atoms with Gasteiger partial charge in [-0.15, -0.1) is 0 Å². The maximum absolute atomic E-state index is 12.4. The van der Waals surface area contributed by atoms with Crippen molar-refractivity contribution in [2.45, 2.75) is 25.3 Å². The molecule has 2 aromatic carbocycles. The molecular formula is C17H15BrClNO. The van der Waals surface area contributed by atoms with Crippen molar-refractivity contribution in [1.29, 1.82) is 0 Å². The Bertz CT molecular complexity index is 686. The summed E-state index contributed by atoms with van der Waals surface area (Å²) in [7, 11) is 0. The van der Waals surface area contributed by atoms with E-state index in [0.29, 0.717) is 10.6 Å². The first-order chi connectivity index (χ1) is 10.1. The smallest absolute Gasteiger partial charge is 0.251 e. The number of hydrogen-bond donors (Lipinski definition) is 1. The zero-order valence-corrected chi connectivity index (χ0v) is 13.7. The molecule has 1 aliphatic rings. The number of fused-ring (bicyclic) bond motifs is 1. The Morgan fingerprint density at radius 1 is 1.24 bits per heavy atom. The van der Waals surface area contributed by atoms with E-state index in [1.165, 1.54) is 11.1 Å². The zero-order valence-electron chi connectivity index (χ0n) is 11.4. The largest absolute Gasteiger partial charge is 0.345 e. The molecule has 1 aliphatic carbocycles. The molecule has 0 aromatic heterocycles. The van der Waals surface area contributed by atoms with Gasteiger partial charge in [-0.1, -0.05) is 35.9 Å². The Morgan fingerprint density at radius 3 is 2.86 bits per heavy atom. The molecule has 108 valence electrons. The van der Waals surface area contributed by atoms with E-state index in [1.807, 2.05) is 6.07 Å². The van der Waals surface area contributed by atoms with Gasteiger partial charge < -0.3 is 5.32 Å². The maximum atomic E-state index is 12.4. The minimum atomic E-state index is -0.0777. The minimum absolute atomic E-state index is 0.0777. The number of rotatable bonds is 2. The fourth-order valence-corrected chi connectivity index (χ4v) is 3.21. The highest BCUT2D eigenvalue weighted by Crippen LogP contribution is 2.30. The Labute approximate surface area is 137 Å². The number of benzene rings is 2. The third-order valence-corrected chi connectivity index (χ3v) is 5.09. The van der Waals surface area contributed by atoms with Crippen molar-refractivity contribution in [2.75, 3.05) is 0 Å². The van der Waals surface area contributed by atoms with Crippen molar-refractivity contribution in [2.24, 2.45) is 0 Å². The summed E-state index contributed by atoms with van der Waals surface area (Å²) >= 11 is 9.39. The predicted octanol–water partition coefficient (Wildman–Crippen LogP) is 4.91. The lowest BCUT2D eigenvalue weighted by atomic mass is 9.87. The van der Waals surface area contributed by atoms with Gasteiger partial charge in [0.1, 0.15) is 0 Å². The van der Waals surface area contributed by atoms with Gasteiger partial charge in [0.25, 0.3) is 5.91 Å². The molecule has 0 spiro atoms. The van der Waals surface area contributed by atoms with Gasteiger partial charge in [0.05, 0.1) is 11.1 Å². The van der Waals surface area contributed by atoms with Gasteiger partial charge >= 0.3 is 0 Å². The maximum Gasteiger partial charge on any atom is 0.251 e. The fourth-order valence-electron chi connectivity index (χ4n) is 2.78. The molecule has 2 nitrogen and oxygen atoms in total. The first-order valence-corrected chi connectivity index (χ1v) is 8.16. The molecule has 1 atom stereocenters. The molecule has 21 heavy (non-hydrogen) atoms. The lowest BCUT2D eigenvalue weighted by molar-refractivity contribution is 0.0932. The van der Waals surface area contributed by atoms with Gasteiger partial charge in [0, 0.05) is 10.0 Å². The van der Waals surface area contributed by atoms with E-state index in [-0.39, 0.29) is 11.9 Å². The highest BCUT2D eigenvalue weighted by atomic mass is 79.9. The summed E-state index contributed by atoms with van der Waals surface area (Å²) in [5.41, 5.74) is 3.16. The van der Waals surface area contributed by atoms with E-state index in [4.69, 9.17) is 11.6 Å². The Morgan fingerprint density at radius 2 is 2.05 bits per heavy atom. The summed E-state index contributed by atoms with van der Waals surface area (Å²) in [5.74, 6) is -0.0777. The van der Waals surface area contributed by atoms with Gasteiger partial charge in [0.2, 0.25) is 0 Å². The summed E-state index contributed by atoms with van der Waals surface area (Å²) in [4.78, 5) is 12.4. The van der Waals surface area contributed by atoms with E-state index in [0.717, 1.165) is 23.7 Å². The standard InChI is InChI=1S/C17H15BrClNO/c18-14-9-8-12(10-15(14)19)17(21)20-16-7-3-5-11-4-1-2-6-13(11)16/h1-2,4,6,8-10,16H,3,5,7H2,(H,20,21). The second-order valence-electron chi connectivity index (χ2n) is 5.25. The number of carbonyl (C=O) groups is 1. The first kappa shape index (κ1) is 14.6. The Balaban J connectivity index is 1.81. The van der Waals surface area contributed by atoms with Crippen molar-refractivity contribution in [3.8, 4) is 0 Å². The number of nitrogens with one attached hydrogen (secondary N) is 1. The lowest BCUT2D eigenvalue weighted by Crippen LogP contribution is -2.30. The van der Waals surface area contributed by atoms with Crippen LogP contribution in [0.1, 0.15) is 40.4 Å². The van der Waals surface area contributed by atoms with Crippen LogP contribution in [-0.2, 0) is 6.42 Å². The van der Waals surface area contributed by atoms with Crippen LogP contribution in [-0.4, -0.2) is 5.91 Å². The average Bonchev–Trinajstić information content (AvgIpc) is 2.50. The molecule has 0 saturated carbocycles. The minimum Gasteiger partial charge on any atom is -0.345 e. The molecule has 0 radical (unpaired) electrons. The van der Waals surface area contributed by atoms with Crippen molar-refractivity contribution < 1.29 is 4.79 Å². The van der Waals surface area contributed by atoms with E-state index in [1.54, 1.807) is 18.2 Å². The Hall–Kier alpha value is -1.32. The van der Waals surface area contributed by atoms with Crippen LogP contribution in [0, 0.1) is 0 Å². The van der Waals surface area contributed by atoms with Crippen LogP contribution in [0.4, 0.5) is 0 Å². The normalized spacial score (nSPS) is 17.1. The van der Waals surface area contributed by atoms with Crippen molar-refractivity contribution in [3.63, 3.8) is 0 Å². The van der Waals surface area contributed by atoms with Crippen molar-refractivity contribution in [3.05, 3.63) is 68.7 Å². The molecule has 3 rings (SSSR count).